The molecule has 6 nitrogen and oxygen atoms in total. The zero-order valence-corrected chi connectivity index (χ0v) is 18.0. The van der Waals surface area contributed by atoms with Crippen LogP contribution in [0.3, 0.4) is 0 Å². The number of carbonyl (C=O) groups is 3. The van der Waals surface area contributed by atoms with Crippen LogP contribution in [0.5, 0.6) is 0 Å². The number of benzene rings is 1. The van der Waals surface area contributed by atoms with Crippen molar-refractivity contribution in [2.45, 2.75) is 77.4 Å². The third kappa shape index (κ3) is 4.80. The second kappa shape index (κ2) is 8.97. The molecule has 0 saturated carbocycles. The van der Waals surface area contributed by atoms with E-state index in [0.29, 0.717) is 50.3 Å². The molecule has 0 bridgehead atoms. The minimum atomic E-state index is -0.374. The van der Waals surface area contributed by atoms with Crippen molar-refractivity contribution in [1.29, 1.82) is 0 Å². The first kappa shape index (κ1) is 21.3. The lowest BCUT2D eigenvalue weighted by Gasteiger charge is -2.39. The maximum Gasteiger partial charge on any atom is 0.253 e. The summed E-state index contributed by atoms with van der Waals surface area (Å²) in [6, 6.07) is 7.56. The molecule has 1 atom stereocenters. The number of hydrogen-bond donors (Lipinski definition) is 1. The third-order valence-corrected chi connectivity index (χ3v) is 5.96. The van der Waals surface area contributed by atoms with Gasteiger partial charge in [-0.1, -0.05) is 26.0 Å². The molecule has 1 aromatic rings. The van der Waals surface area contributed by atoms with Crippen molar-refractivity contribution in [3.8, 4) is 0 Å². The molecule has 0 spiro atoms. The van der Waals surface area contributed by atoms with E-state index >= 15 is 0 Å². The van der Waals surface area contributed by atoms with Gasteiger partial charge in [-0.15, -0.1) is 0 Å². The second-order valence-electron chi connectivity index (χ2n) is 8.82. The van der Waals surface area contributed by atoms with Gasteiger partial charge in [0.05, 0.1) is 0 Å². The molecule has 2 saturated heterocycles. The highest BCUT2D eigenvalue weighted by molar-refractivity contribution is 5.94. The van der Waals surface area contributed by atoms with Gasteiger partial charge in [-0.2, -0.15) is 0 Å². The van der Waals surface area contributed by atoms with Gasteiger partial charge in [0.2, 0.25) is 11.8 Å². The Hall–Kier alpha value is -2.37. The molecule has 0 radical (unpaired) electrons. The van der Waals surface area contributed by atoms with Gasteiger partial charge in [-0.3, -0.25) is 14.4 Å². The summed E-state index contributed by atoms with van der Waals surface area (Å²) in [6.07, 6.45) is 2.44. The fourth-order valence-electron chi connectivity index (χ4n) is 4.34. The van der Waals surface area contributed by atoms with Crippen molar-refractivity contribution < 1.29 is 14.4 Å². The molecule has 0 aromatic heterocycles. The van der Waals surface area contributed by atoms with E-state index in [9.17, 15) is 14.4 Å². The SMILES string of the molecule is CC(C)NC(=O)C1CCC(=O)N1C1CCN(C(=O)c2ccc(C(C)C)cc2)CC1. The predicted octanol–water partition coefficient (Wildman–Crippen LogP) is 2.93. The summed E-state index contributed by atoms with van der Waals surface area (Å²) in [5, 5.41) is 2.94. The Morgan fingerprint density at radius 2 is 1.62 bits per heavy atom. The van der Waals surface area contributed by atoms with Crippen LogP contribution in [0.4, 0.5) is 0 Å². The maximum atomic E-state index is 12.8. The molecule has 1 unspecified atom stereocenters. The predicted molar refractivity (Wildman–Crippen MR) is 113 cm³/mol. The van der Waals surface area contributed by atoms with Crippen LogP contribution in [0.2, 0.25) is 0 Å². The molecule has 158 valence electrons. The zero-order chi connectivity index (χ0) is 21.1. The molecule has 3 rings (SSSR count). The first-order valence-electron chi connectivity index (χ1n) is 10.8. The molecular weight excluding hydrogens is 366 g/mol. The number of nitrogens with zero attached hydrogens (tertiary/aromatic N) is 2. The average Bonchev–Trinajstić information content (AvgIpc) is 3.08. The van der Waals surface area contributed by atoms with Crippen LogP contribution in [-0.4, -0.2) is 58.7 Å². The van der Waals surface area contributed by atoms with E-state index in [-0.39, 0.29) is 35.8 Å². The first-order chi connectivity index (χ1) is 13.8. The number of piperidine rings is 1. The van der Waals surface area contributed by atoms with Crippen LogP contribution in [0.15, 0.2) is 24.3 Å². The zero-order valence-electron chi connectivity index (χ0n) is 18.0. The van der Waals surface area contributed by atoms with Gasteiger partial charge in [0.15, 0.2) is 0 Å². The fourth-order valence-corrected chi connectivity index (χ4v) is 4.34. The Morgan fingerprint density at radius 1 is 1.00 bits per heavy atom. The number of amides is 3. The van der Waals surface area contributed by atoms with E-state index in [1.807, 2.05) is 43.0 Å². The molecule has 2 fully saturated rings. The quantitative estimate of drug-likeness (QED) is 0.828. The van der Waals surface area contributed by atoms with Crippen molar-refractivity contribution in [2.24, 2.45) is 0 Å². The highest BCUT2D eigenvalue weighted by Crippen LogP contribution is 2.28. The summed E-state index contributed by atoms with van der Waals surface area (Å²) in [7, 11) is 0. The Morgan fingerprint density at radius 3 is 2.17 bits per heavy atom. The minimum absolute atomic E-state index is 0.0280. The lowest BCUT2D eigenvalue weighted by Crippen LogP contribution is -2.54. The molecule has 2 aliphatic heterocycles. The number of carbonyl (C=O) groups excluding carboxylic acids is 3. The van der Waals surface area contributed by atoms with Crippen LogP contribution >= 0.6 is 0 Å². The minimum Gasteiger partial charge on any atom is -0.352 e. The van der Waals surface area contributed by atoms with Gasteiger partial charge in [0.25, 0.3) is 5.91 Å². The number of hydrogen-bond acceptors (Lipinski definition) is 3. The van der Waals surface area contributed by atoms with Gasteiger partial charge in [-0.05, 0) is 56.7 Å². The smallest absolute Gasteiger partial charge is 0.253 e. The van der Waals surface area contributed by atoms with Gasteiger partial charge in [-0.25, -0.2) is 0 Å². The summed E-state index contributed by atoms with van der Waals surface area (Å²) in [5.41, 5.74) is 1.93. The standard InChI is InChI=1S/C23H33N3O3/c1-15(2)17-5-7-18(8-6-17)23(29)25-13-11-19(12-14-25)26-20(9-10-21(26)27)22(28)24-16(3)4/h5-8,15-16,19-20H,9-14H2,1-4H3,(H,24,28). The Kier molecular flexibility index (Phi) is 6.60. The van der Waals surface area contributed by atoms with Crippen LogP contribution in [0, 0.1) is 0 Å². The highest BCUT2D eigenvalue weighted by Gasteiger charge is 2.41. The molecule has 6 heteroatoms. The van der Waals surface area contributed by atoms with E-state index in [1.165, 1.54) is 5.56 Å². The van der Waals surface area contributed by atoms with Gasteiger partial charge in [0.1, 0.15) is 6.04 Å². The van der Waals surface area contributed by atoms with Crippen LogP contribution in [0.1, 0.15) is 75.2 Å². The molecule has 29 heavy (non-hydrogen) atoms. The van der Waals surface area contributed by atoms with E-state index in [4.69, 9.17) is 0 Å². The van der Waals surface area contributed by atoms with E-state index < -0.39 is 0 Å². The molecule has 0 aliphatic carbocycles. The van der Waals surface area contributed by atoms with Crippen LogP contribution in [0.25, 0.3) is 0 Å². The summed E-state index contributed by atoms with van der Waals surface area (Å²) >= 11 is 0. The molecule has 1 N–H and O–H groups in total. The van der Waals surface area contributed by atoms with Crippen molar-refractivity contribution >= 4 is 17.7 Å². The van der Waals surface area contributed by atoms with Crippen LogP contribution < -0.4 is 5.32 Å². The molecular formula is C23H33N3O3. The van der Waals surface area contributed by atoms with Gasteiger partial charge < -0.3 is 15.1 Å². The number of nitrogens with one attached hydrogen (secondary N) is 1. The molecule has 2 aliphatic rings. The van der Waals surface area contributed by atoms with Crippen molar-refractivity contribution in [1.82, 2.24) is 15.1 Å². The number of rotatable bonds is 5. The average molecular weight is 400 g/mol. The Bertz CT molecular complexity index is 749. The van der Waals surface area contributed by atoms with E-state index in [2.05, 4.69) is 19.2 Å². The maximum absolute atomic E-state index is 12.8. The van der Waals surface area contributed by atoms with Crippen molar-refractivity contribution in [3.63, 3.8) is 0 Å². The summed E-state index contributed by atoms with van der Waals surface area (Å²) in [5.74, 6) is 0.479. The highest BCUT2D eigenvalue weighted by atomic mass is 16.2. The molecule has 3 amide bonds. The monoisotopic (exact) mass is 399 g/mol. The van der Waals surface area contributed by atoms with Gasteiger partial charge >= 0.3 is 0 Å². The molecule has 2 heterocycles. The van der Waals surface area contributed by atoms with Crippen molar-refractivity contribution in [2.75, 3.05) is 13.1 Å². The van der Waals surface area contributed by atoms with Gasteiger partial charge in [0, 0.05) is 37.2 Å². The first-order valence-corrected chi connectivity index (χ1v) is 10.8. The summed E-state index contributed by atoms with van der Waals surface area (Å²) in [4.78, 5) is 41.5. The van der Waals surface area contributed by atoms with Crippen molar-refractivity contribution in [3.05, 3.63) is 35.4 Å². The Labute approximate surface area is 173 Å². The normalized spacial score (nSPS) is 20.6. The third-order valence-electron chi connectivity index (χ3n) is 5.96. The fraction of sp³-hybridized carbons (Fsp3) is 0.609. The molecule has 1 aromatic carbocycles. The number of likely N-dealkylation sites (tertiary alicyclic amines) is 2. The van der Waals surface area contributed by atoms with E-state index in [0.717, 1.165) is 0 Å². The topological polar surface area (TPSA) is 69.7 Å². The largest absolute Gasteiger partial charge is 0.352 e. The summed E-state index contributed by atoms with van der Waals surface area (Å²) < 4.78 is 0. The second-order valence-corrected chi connectivity index (χ2v) is 8.82. The lowest BCUT2D eigenvalue weighted by molar-refractivity contribution is -0.138. The summed E-state index contributed by atoms with van der Waals surface area (Å²) in [6.45, 7) is 9.34. The lowest BCUT2D eigenvalue weighted by atomic mass is 9.99. The van der Waals surface area contributed by atoms with E-state index in [1.54, 1.807) is 4.90 Å². The van der Waals surface area contributed by atoms with Crippen LogP contribution in [-0.2, 0) is 9.59 Å². The Balaban J connectivity index is 1.61.